The number of halogens is 1. The van der Waals surface area contributed by atoms with Crippen LogP contribution in [-0.4, -0.2) is 29.1 Å². The quantitative estimate of drug-likeness (QED) is 0.543. The van der Waals surface area contributed by atoms with Gasteiger partial charge in [-0.25, -0.2) is 4.98 Å². The molecule has 132 valence electrons. The number of thioether (sulfide) groups is 1. The second-order valence-corrected chi connectivity index (χ2v) is 7.66. The van der Waals surface area contributed by atoms with Gasteiger partial charge in [0.2, 0.25) is 0 Å². The fraction of sp³-hybridized carbons (Fsp3) is 0.316. The smallest absolute Gasteiger partial charge is 0.133 e. The Kier molecular flexibility index (Phi) is 6.39. The van der Waals surface area contributed by atoms with Crippen LogP contribution in [0, 0.1) is 0 Å². The standard InChI is InChI=1S/C19H22BrN3OS/c1-24-18-8-7-13(11-14(18)20)12-21-17(9-10-25-2)19-22-15-5-3-4-6-16(15)23-19/h3-8,11,17,21H,9-10,12H2,1-2H3,(H,22,23)/t17-/m0/s1. The first kappa shape index (κ1) is 18.3. The van der Waals surface area contributed by atoms with Crippen molar-refractivity contribution in [2.24, 2.45) is 0 Å². The molecule has 0 unspecified atom stereocenters. The van der Waals surface area contributed by atoms with Crippen LogP contribution < -0.4 is 10.1 Å². The lowest BCUT2D eigenvalue weighted by Crippen LogP contribution is -2.22. The predicted octanol–water partition coefficient (Wildman–Crippen LogP) is 4.92. The number of H-pyrrole nitrogens is 1. The number of para-hydroxylation sites is 2. The molecule has 0 aliphatic carbocycles. The number of hydrogen-bond acceptors (Lipinski definition) is 4. The van der Waals surface area contributed by atoms with Gasteiger partial charge in [-0.3, -0.25) is 0 Å². The molecular weight excluding hydrogens is 398 g/mol. The third kappa shape index (κ3) is 4.57. The van der Waals surface area contributed by atoms with Crippen LogP contribution in [0.4, 0.5) is 0 Å². The molecule has 0 spiro atoms. The summed E-state index contributed by atoms with van der Waals surface area (Å²) in [6.45, 7) is 0.776. The van der Waals surface area contributed by atoms with Crippen LogP contribution in [0.1, 0.15) is 23.9 Å². The van der Waals surface area contributed by atoms with Crippen molar-refractivity contribution >= 4 is 38.7 Å². The van der Waals surface area contributed by atoms with E-state index in [1.165, 1.54) is 5.56 Å². The monoisotopic (exact) mass is 419 g/mol. The second kappa shape index (κ2) is 8.74. The Hall–Kier alpha value is -1.50. The fourth-order valence-electron chi connectivity index (χ4n) is 2.77. The molecule has 1 heterocycles. The van der Waals surface area contributed by atoms with E-state index in [2.05, 4.69) is 50.7 Å². The lowest BCUT2D eigenvalue weighted by atomic mass is 10.1. The molecule has 2 aromatic carbocycles. The minimum Gasteiger partial charge on any atom is -0.496 e. The molecule has 1 aromatic heterocycles. The highest BCUT2D eigenvalue weighted by Gasteiger charge is 2.15. The molecule has 0 saturated carbocycles. The first-order chi connectivity index (χ1) is 12.2. The van der Waals surface area contributed by atoms with Gasteiger partial charge in [0.1, 0.15) is 11.6 Å². The Labute approximate surface area is 160 Å². The fourth-order valence-corrected chi connectivity index (χ4v) is 3.83. The molecule has 25 heavy (non-hydrogen) atoms. The van der Waals surface area contributed by atoms with E-state index in [0.717, 1.165) is 45.8 Å². The molecule has 6 heteroatoms. The van der Waals surface area contributed by atoms with Gasteiger partial charge in [-0.05, 0) is 64.2 Å². The predicted molar refractivity (Wildman–Crippen MR) is 109 cm³/mol. The molecule has 0 fully saturated rings. The molecular formula is C19H22BrN3OS. The van der Waals surface area contributed by atoms with E-state index in [0.29, 0.717) is 0 Å². The minimum absolute atomic E-state index is 0.195. The lowest BCUT2D eigenvalue weighted by Gasteiger charge is -2.17. The zero-order chi connectivity index (χ0) is 17.6. The van der Waals surface area contributed by atoms with E-state index in [1.54, 1.807) is 7.11 Å². The molecule has 0 saturated heterocycles. The summed E-state index contributed by atoms with van der Waals surface area (Å²) < 4.78 is 6.27. The van der Waals surface area contributed by atoms with Crippen molar-refractivity contribution in [1.29, 1.82) is 0 Å². The van der Waals surface area contributed by atoms with Gasteiger partial charge in [-0.15, -0.1) is 0 Å². The van der Waals surface area contributed by atoms with E-state index in [1.807, 2.05) is 36.0 Å². The van der Waals surface area contributed by atoms with Crippen molar-refractivity contribution < 1.29 is 4.74 Å². The van der Waals surface area contributed by atoms with Gasteiger partial charge < -0.3 is 15.0 Å². The van der Waals surface area contributed by atoms with Crippen LogP contribution in [0.5, 0.6) is 5.75 Å². The number of nitrogens with zero attached hydrogens (tertiary/aromatic N) is 1. The van der Waals surface area contributed by atoms with Crippen LogP contribution in [0.2, 0.25) is 0 Å². The summed E-state index contributed by atoms with van der Waals surface area (Å²) in [6, 6.07) is 14.5. The van der Waals surface area contributed by atoms with Gasteiger partial charge >= 0.3 is 0 Å². The normalized spacial score (nSPS) is 12.4. The summed E-state index contributed by atoms with van der Waals surface area (Å²) in [6.07, 6.45) is 3.16. The molecule has 3 rings (SSSR count). The molecule has 0 bridgehead atoms. The van der Waals surface area contributed by atoms with Gasteiger partial charge in [0, 0.05) is 6.54 Å². The number of aromatic amines is 1. The molecule has 0 radical (unpaired) electrons. The van der Waals surface area contributed by atoms with Crippen molar-refractivity contribution in [2.45, 2.75) is 19.0 Å². The summed E-state index contributed by atoms with van der Waals surface area (Å²) in [5.74, 6) is 2.93. The van der Waals surface area contributed by atoms with E-state index in [4.69, 9.17) is 9.72 Å². The maximum atomic E-state index is 5.30. The first-order valence-electron chi connectivity index (χ1n) is 8.20. The van der Waals surface area contributed by atoms with Crippen LogP contribution >= 0.6 is 27.7 Å². The van der Waals surface area contributed by atoms with Crippen molar-refractivity contribution in [3.05, 3.63) is 58.3 Å². The largest absolute Gasteiger partial charge is 0.496 e. The number of benzene rings is 2. The number of imidazole rings is 1. The maximum Gasteiger partial charge on any atom is 0.133 e. The number of nitrogens with one attached hydrogen (secondary N) is 2. The van der Waals surface area contributed by atoms with Crippen molar-refractivity contribution in [2.75, 3.05) is 19.1 Å². The number of ether oxygens (including phenoxy) is 1. The minimum atomic E-state index is 0.195. The van der Waals surface area contributed by atoms with E-state index in [-0.39, 0.29) is 6.04 Å². The van der Waals surface area contributed by atoms with Crippen molar-refractivity contribution in [1.82, 2.24) is 15.3 Å². The van der Waals surface area contributed by atoms with E-state index in [9.17, 15) is 0 Å². The maximum absolute atomic E-state index is 5.30. The Balaban J connectivity index is 1.75. The highest BCUT2D eigenvalue weighted by molar-refractivity contribution is 9.10. The van der Waals surface area contributed by atoms with Crippen molar-refractivity contribution in [3.8, 4) is 5.75 Å². The Morgan fingerprint density at radius 3 is 2.84 bits per heavy atom. The van der Waals surface area contributed by atoms with Gasteiger partial charge in [-0.2, -0.15) is 11.8 Å². The average Bonchev–Trinajstić information content (AvgIpc) is 3.06. The van der Waals surface area contributed by atoms with Crippen LogP contribution in [0.15, 0.2) is 46.9 Å². The van der Waals surface area contributed by atoms with E-state index < -0.39 is 0 Å². The molecule has 3 aromatic rings. The van der Waals surface area contributed by atoms with Crippen LogP contribution in [0.3, 0.4) is 0 Å². The molecule has 0 amide bonds. The van der Waals surface area contributed by atoms with Gasteiger partial charge in [-0.1, -0.05) is 18.2 Å². The first-order valence-corrected chi connectivity index (χ1v) is 10.4. The van der Waals surface area contributed by atoms with Gasteiger partial charge in [0.25, 0.3) is 0 Å². The van der Waals surface area contributed by atoms with Crippen LogP contribution in [-0.2, 0) is 6.54 Å². The number of hydrogen-bond donors (Lipinski definition) is 2. The van der Waals surface area contributed by atoms with Gasteiger partial charge in [0.15, 0.2) is 0 Å². The highest BCUT2D eigenvalue weighted by Crippen LogP contribution is 2.26. The summed E-state index contributed by atoms with van der Waals surface area (Å²) in [4.78, 5) is 8.22. The SMILES string of the molecule is COc1ccc(CN[C@@H](CCSC)c2nc3ccccc3[nH]2)cc1Br. The highest BCUT2D eigenvalue weighted by atomic mass is 79.9. The van der Waals surface area contributed by atoms with Crippen LogP contribution in [0.25, 0.3) is 11.0 Å². The zero-order valence-electron chi connectivity index (χ0n) is 14.4. The number of aromatic nitrogens is 2. The van der Waals surface area contributed by atoms with Gasteiger partial charge in [0.05, 0.1) is 28.7 Å². The molecule has 0 aliphatic rings. The summed E-state index contributed by atoms with van der Waals surface area (Å²) in [7, 11) is 1.68. The third-order valence-electron chi connectivity index (χ3n) is 4.12. The molecule has 1 atom stereocenters. The third-order valence-corrected chi connectivity index (χ3v) is 5.38. The Bertz CT molecular complexity index is 803. The second-order valence-electron chi connectivity index (χ2n) is 5.82. The molecule has 0 aliphatic heterocycles. The summed E-state index contributed by atoms with van der Waals surface area (Å²) >= 11 is 5.40. The topological polar surface area (TPSA) is 49.9 Å². The average molecular weight is 420 g/mol. The van der Waals surface area contributed by atoms with Crippen molar-refractivity contribution in [3.63, 3.8) is 0 Å². The number of rotatable bonds is 8. The number of methoxy groups -OCH3 is 1. The lowest BCUT2D eigenvalue weighted by molar-refractivity contribution is 0.411. The summed E-state index contributed by atoms with van der Waals surface area (Å²) in [5.41, 5.74) is 3.30. The Morgan fingerprint density at radius 2 is 2.12 bits per heavy atom. The Morgan fingerprint density at radius 1 is 1.28 bits per heavy atom. The molecule has 2 N–H and O–H groups in total. The molecule has 4 nitrogen and oxygen atoms in total. The number of fused-ring (bicyclic) bond motifs is 1. The summed E-state index contributed by atoms with van der Waals surface area (Å²) in [5, 5.41) is 3.64. The zero-order valence-corrected chi connectivity index (χ0v) is 16.8. The van der Waals surface area contributed by atoms with E-state index >= 15 is 0 Å².